The van der Waals surface area contributed by atoms with Gasteiger partial charge < -0.3 is 4.42 Å². The Balaban J connectivity index is 1.45. The highest BCUT2D eigenvalue weighted by Crippen LogP contribution is 2.23. The summed E-state index contributed by atoms with van der Waals surface area (Å²) >= 11 is 1.70. The van der Waals surface area contributed by atoms with Gasteiger partial charge in [-0.3, -0.25) is 4.90 Å². The van der Waals surface area contributed by atoms with Crippen LogP contribution in [0.2, 0.25) is 0 Å². The van der Waals surface area contributed by atoms with Crippen molar-refractivity contribution in [3.05, 3.63) is 71.3 Å². The standard InChI is InChI=1S/C19H16FN3OS/c1-23(11-18-22-16-7-2-3-8-17(16)25-18)10-15-12-24-19(21-15)13-5-4-6-14(20)9-13/h2-9,12H,10-11H2,1H3. The van der Waals surface area contributed by atoms with Crippen molar-refractivity contribution >= 4 is 21.6 Å². The molecule has 0 fully saturated rings. The molecule has 0 aliphatic rings. The number of hydrogen-bond donors (Lipinski definition) is 0. The van der Waals surface area contributed by atoms with Gasteiger partial charge in [-0.15, -0.1) is 11.3 Å². The summed E-state index contributed by atoms with van der Waals surface area (Å²) in [5.74, 6) is 0.132. The number of benzene rings is 2. The number of nitrogens with zero attached hydrogens (tertiary/aromatic N) is 3. The molecule has 0 saturated heterocycles. The summed E-state index contributed by atoms with van der Waals surface area (Å²) in [6.45, 7) is 1.37. The van der Waals surface area contributed by atoms with E-state index < -0.39 is 0 Å². The number of rotatable bonds is 5. The molecule has 4 rings (SSSR count). The van der Waals surface area contributed by atoms with E-state index in [9.17, 15) is 4.39 Å². The molecule has 0 unspecified atom stereocenters. The zero-order valence-corrected chi connectivity index (χ0v) is 14.5. The molecular weight excluding hydrogens is 337 g/mol. The zero-order chi connectivity index (χ0) is 17.2. The predicted octanol–water partition coefficient (Wildman–Crippen LogP) is 4.72. The highest BCUT2D eigenvalue weighted by molar-refractivity contribution is 7.18. The maximum absolute atomic E-state index is 13.3. The van der Waals surface area contributed by atoms with Crippen LogP contribution in [0.1, 0.15) is 10.7 Å². The van der Waals surface area contributed by atoms with Crippen LogP contribution in [0.15, 0.2) is 59.2 Å². The van der Waals surface area contributed by atoms with Gasteiger partial charge in [0.1, 0.15) is 17.1 Å². The van der Waals surface area contributed by atoms with Crippen LogP contribution in [0.25, 0.3) is 21.7 Å². The van der Waals surface area contributed by atoms with E-state index in [4.69, 9.17) is 4.42 Å². The van der Waals surface area contributed by atoms with E-state index in [2.05, 4.69) is 20.9 Å². The molecular formula is C19H16FN3OS. The van der Waals surface area contributed by atoms with Crippen molar-refractivity contribution in [2.45, 2.75) is 13.1 Å². The van der Waals surface area contributed by atoms with Gasteiger partial charge in [0.15, 0.2) is 0 Å². The van der Waals surface area contributed by atoms with Crippen LogP contribution in [-0.2, 0) is 13.1 Å². The molecule has 0 radical (unpaired) electrons. The Morgan fingerprint density at radius 1 is 1.08 bits per heavy atom. The summed E-state index contributed by atoms with van der Waals surface area (Å²) in [5.41, 5.74) is 2.48. The second-order valence-electron chi connectivity index (χ2n) is 5.90. The minimum absolute atomic E-state index is 0.301. The molecule has 0 saturated carbocycles. The number of para-hydroxylation sites is 1. The minimum atomic E-state index is -0.301. The third-order valence-electron chi connectivity index (χ3n) is 3.80. The molecule has 0 spiro atoms. The Hall–Kier alpha value is -2.57. The van der Waals surface area contributed by atoms with Gasteiger partial charge in [0.25, 0.3) is 0 Å². The molecule has 0 aliphatic carbocycles. The van der Waals surface area contributed by atoms with Crippen LogP contribution in [-0.4, -0.2) is 21.9 Å². The number of aromatic nitrogens is 2. The number of halogens is 1. The fourth-order valence-corrected chi connectivity index (χ4v) is 3.73. The predicted molar refractivity (Wildman–Crippen MR) is 96.7 cm³/mol. The average molecular weight is 353 g/mol. The summed E-state index contributed by atoms with van der Waals surface area (Å²) < 4.78 is 20.0. The second-order valence-corrected chi connectivity index (χ2v) is 7.02. The monoisotopic (exact) mass is 353 g/mol. The van der Waals surface area contributed by atoms with Crippen molar-refractivity contribution in [2.24, 2.45) is 0 Å². The van der Waals surface area contributed by atoms with Gasteiger partial charge in [0.2, 0.25) is 5.89 Å². The molecule has 6 heteroatoms. The topological polar surface area (TPSA) is 42.2 Å². The van der Waals surface area contributed by atoms with Crippen molar-refractivity contribution in [1.82, 2.24) is 14.9 Å². The lowest BCUT2D eigenvalue weighted by Crippen LogP contribution is -2.17. The Labute approximate surface area is 148 Å². The molecule has 4 aromatic rings. The Morgan fingerprint density at radius 3 is 2.80 bits per heavy atom. The maximum atomic E-state index is 13.3. The van der Waals surface area contributed by atoms with Crippen molar-refractivity contribution in [2.75, 3.05) is 7.05 Å². The van der Waals surface area contributed by atoms with Gasteiger partial charge in [-0.1, -0.05) is 18.2 Å². The Kier molecular flexibility index (Phi) is 4.29. The summed E-state index contributed by atoms with van der Waals surface area (Å²) in [4.78, 5) is 11.2. The summed E-state index contributed by atoms with van der Waals surface area (Å²) in [6, 6.07) is 14.4. The van der Waals surface area contributed by atoms with Crippen LogP contribution in [0.4, 0.5) is 4.39 Å². The van der Waals surface area contributed by atoms with Crippen molar-refractivity contribution in [1.29, 1.82) is 0 Å². The normalized spacial score (nSPS) is 11.5. The molecule has 0 amide bonds. The van der Waals surface area contributed by atoms with Gasteiger partial charge >= 0.3 is 0 Å². The fourth-order valence-electron chi connectivity index (χ4n) is 2.68. The summed E-state index contributed by atoms with van der Waals surface area (Å²) in [6.07, 6.45) is 1.62. The highest BCUT2D eigenvalue weighted by atomic mass is 32.1. The van der Waals surface area contributed by atoms with Crippen molar-refractivity contribution < 1.29 is 8.81 Å². The van der Waals surface area contributed by atoms with Gasteiger partial charge in [0.05, 0.1) is 22.5 Å². The third kappa shape index (κ3) is 3.60. The molecule has 0 bridgehead atoms. The first kappa shape index (κ1) is 15.9. The summed E-state index contributed by atoms with van der Waals surface area (Å²) in [5, 5.41) is 1.07. The lowest BCUT2D eigenvalue weighted by Gasteiger charge is -2.12. The SMILES string of the molecule is CN(Cc1coc(-c2cccc(F)c2)n1)Cc1nc2ccccc2s1. The molecule has 126 valence electrons. The quantitative estimate of drug-likeness (QED) is 0.520. The van der Waals surface area contributed by atoms with E-state index in [-0.39, 0.29) is 5.82 Å². The van der Waals surface area contributed by atoms with Gasteiger partial charge in [0, 0.05) is 12.1 Å². The number of fused-ring (bicyclic) bond motifs is 1. The largest absolute Gasteiger partial charge is 0.444 e. The fraction of sp³-hybridized carbons (Fsp3) is 0.158. The lowest BCUT2D eigenvalue weighted by atomic mass is 10.2. The third-order valence-corrected chi connectivity index (χ3v) is 4.82. The number of thiazole rings is 1. The smallest absolute Gasteiger partial charge is 0.226 e. The molecule has 25 heavy (non-hydrogen) atoms. The summed E-state index contributed by atoms with van der Waals surface area (Å²) in [7, 11) is 2.02. The first-order valence-electron chi connectivity index (χ1n) is 7.91. The van der Waals surface area contributed by atoms with E-state index in [0.717, 1.165) is 22.8 Å². The molecule has 0 aliphatic heterocycles. The first-order valence-corrected chi connectivity index (χ1v) is 8.72. The molecule has 0 N–H and O–H groups in total. The van der Waals surface area contributed by atoms with E-state index in [1.807, 2.05) is 25.2 Å². The zero-order valence-electron chi connectivity index (χ0n) is 13.6. The first-order chi connectivity index (χ1) is 12.2. The van der Waals surface area contributed by atoms with Crippen LogP contribution >= 0.6 is 11.3 Å². The van der Waals surface area contributed by atoms with Crippen LogP contribution in [0.5, 0.6) is 0 Å². The van der Waals surface area contributed by atoms with Crippen LogP contribution < -0.4 is 0 Å². The van der Waals surface area contributed by atoms with E-state index >= 15 is 0 Å². The molecule has 0 atom stereocenters. The van der Waals surface area contributed by atoms with Crippen LogP contribution in [0.3, 0.4) is 0 Å². The second kappa shape index (κ2) is 6.74. The maximum Gasteiger partial charge on any atom is 0.226 e. The molecule has 2 heterocycles. The molecule has 2 aromatic heterocycles. The minimum Gasteiger partial charge on any atom is -0.444 e. The number of hydrogen-bond acceptors (Lipinski definition) is 5. The Bertz CT molecular complexity index is 978. The average Bonchev–Trinajstić information content (AvgIpc) is 3.21. The van der Waals surface area contributed by atoms with E-state index in [0.29, 0.717) is 18.0 Å². The van der Waals surface area contributed by atoms with Crippen molar-refractivity contribution in [3.8, 4) is 11.5 Å². The van der Waals surface area contributed by atoms with Crippen LogP contribution in [0, 0.1) is 5.82 Å². The molecule has 2 aromatic carbocycles. The van der Waals surface area contributed by atoms with Gasteiger partial charge in [-0.05, 0) is 37.4 Å². The van der Waals surface area contributed by atoms with Gasteiger partial charge in [-0.2, -0.15) is 0 Å². The van der Waals surface area contributed by atoms with Gasteiger partial charge in [-0.25, -0.2) is 14.4 Å². The van der Waals surface area contributed by atoms with Crippen molar-refractivity contribution in [3.63, 3.8) is 0 Å². The van der Waals surface area contributed by atoms with E-state index in [1.165, 1.54) is 16.8 Å². The Morgan fingerprint density at radius 2 is 1.96 bits per heavy atom. The van der Waals surface area contributed by atoms with E-state index in [1.54, 1.807) is 29.7 Å². The lowest BCUT2D eigenvalue weighted by molar-refractivity contribution is 0.314. The number of oxazole rings is 1. The highest BCUT2D eigenvalue weighted by Gasteiger charge is 2.11. The molecule has 4 nitrogen and oxygen atoms in total.